The highest BCUT2D eigenvalue weighted by molar-refractivity contribution is 5.86. The number of carbonyl (C=O) groups excluding carboxylic acids is 1. The van der Waals surface area contributed by atoms with Crippen molar-refractivity contribution in [3.8, 4) is 11.3 Å². The van der Waals surface area contributed by atoms with Crippen LogP contribution in [0.2, 0.25) is 0 Å². The molecule has 0 saturated heterocycles. The second kappa shape index (κ2) is 8.61. The Labute approximate surface area is 169 Å². The summed E-state index contributed by atoms with van der Waals surface area (Å²) in [4.78, 5) is 14.1. The second-order valence-corrected chi connectivity index (χ2v) is 6.72. The molecule has 0 atom stereocenters. The summed E-state index contributed by atoms with van der Waals surface area (Å²) in [6.07, 6.45) is 0. The first-order valence-corrected chi connectivity index (χ1v) is 9.64. The monoisotopic (exact) mass is 386 g/mol. The zero-order valence-electron chi connectivity index (χ0n) is 16.2. The molecule has 0 aliphatic carbocycles. The first kappa shape index (κ1) is 18.7. The van der Waals surface area contributed by atoms with Crippen molar-refractivity contribution in [2.24, 2.45) is 0 Å². The van der Waals surface area contributed by atoms with E-state index >= 15 is 0 Å². The molecule has 29 heavy (non-hydrogen) atoms. The lowest BCUT2D eigenvalue weighted by molar-refractivity contribution is -0.141. The molecular formula is C24H22N2O3. The lowest BCUT2D eigenvalue weighted by Gasteiger charge is -2.21. The number of hydrogen-bond acceptors (Lipinski definition) is 5. The van der Waals surface area contributed by atoms with Crippen LogP contribution < -0.4 is 4.90 Å². The van der Waals surface area contributed by atoms with E-state index in [1.807, 2.05) is 59.5 Å². The fourth-order valence-electron chi connectivity index (χ4n) is 3.37. The Bertz CT molecular complexity index is 1100. The van der Waals surface area contributed by atoms with Gasteiger partial charge in [0.25, 0.3) is 0 Å². The summed E-state index contributed by atoms with van der Waals surface area (Å²) in [5.41, 5.74) is 2.79. The van der Waals surface area contributed by atoms with Gasteiger partial charge in [-0.15, -0.1) is 0 Å². The van der Waals surface area contributed by atoms with E-state index in [9.17, 15) is 4.79 Å². The fourth-order valence-corrected chi connectivity index (χ4v) is 3.37. The van der Waals surface area contributed by atoms with Crippen molar-refractivity contribution in [3.63, 3.8) is 0 Å². The Kier molecular flexibility index (Phi) is 5.56. The van der Waals surface area contributed by atoms with Crippen molar-refractivity contribution in [1.29, 1.82) is 0 Å². The average Bonchev–Trinajstić information content (AvgIpc) is 3.25. The normalized spacial score (nSPS) is 10.8. The lowest BCUT2D eigenvalue weighted by Crippen LogP contribution is -2.30. The third-order valence-corrected chi connectivity index (χ3v) is 4.75. The van der Waals surface area contributed by atoms with Crippen molar-refractivity contribution < 1.29 is 14.1 Å². The number of anilines is 1. The van der Waals surface area contributed by atoms with E-state index in [0.29, 0.717) is 19.0 Å². The summed E-state index contributed by atoms with van der Waals surface area (Å²) < 4.78 is 10.8. The van der Waals surface area contributed by atoms with Crippen molar-refractivity contribution in [2.75, 3.05) is 18.1 Å². The molecule has 0 spiro atoms. The molecule has 0 aliphatic heterocycles. The number of benzene rings is 3. The van der Waals surface area contributed by atoms with Crippen molar-refractivity contribution in [2.45, 2.75) is 13.5 Å². The van der Waals surface area contributed by atoms with Crippen LogP contribution in [0.3, 0.4) is 0 Å². The van der Waals surface area contributed by atoms with Gasteiger partial charge in [-0.3, -0.25) is 4.79 Å². The van der Waals surface area contributed by atoms with E-state index in [1.54, 1.807) is 6.92 Å². The SMILES string of the molecule is CCOC(=O)CN(Cc1cccc2ccccc12)c1cc(-c2ccccc2)no1. The molecule has 3 aromatic carbocycles. The molecule has 4 aromatic rings. The summed E-state index contributed by atoms with van der Waals surface area (Å²) in [6, 6.07) is 26.0. The number of ether oxygens (including phenoxy) is 1. The summed E-state index contributed by atoms with van der Waals surface area (Å²) >= 11 is 0. The van der Waals surface area contributed by atoms with Crippen LogP contribution in [-0.2, 0) is 16.1 Å². The number of nitrogens with zero attached hydrogens (tertiary/aromatic N) is 2. The molecule has 1 aromatic heterocycles. The van der Waals surface area contributed by atoms with E-state index in [2.05, 4.69) is 29.4 Å². The van der Waals surface area contributed by atoms with Crippen molar-refractivity contribution in [1.82, 2.24) is 5.16 Å². The van der Waals surface area contributed by atoms with Crippen molar-refractivity contribution >= 4 is 22.6 Å². The van der Waals surface area contributed by atoms with Crippen LogP contribution in [0.15, 0.2) is 83.4 Å². The predicted octanol–water partition coefficient (Wildman–Crippen LogP) is 5.06. The minimum atomic E-state index is -0.301. The molecule has 0 bridgehead atoms. The summed E-state index contributed by atoms with van der Waals surface area (Å²) in [7, 11) is 0. The minimum Gasteiger partial charge on any atom is -0.465 e. The molecule has 4 rings (SSSR count). The maximum atomic E-state index is 12.2. The molecule has 5 nitrogen and oxygen atoms in total. The maximum absolute atomic E-state index is 12.2. The van der Waals surface area contributed by atoms with Gasteiger partial charge in [-0.05, 0) is 23.3 Å². The van der Waals surface area contributed by atoms with Crippen LogP contribution in [-0.4, -0.2) is 24.3 Å². The molecule has 0 unspecified atom stereocenters. The maximum Gasteiger partial charge on any atom is 0.325 e. The van der Waals surface area contributed by atoms with Gasteiger partial charge in [-0.1, -0.05) is 78.0 Å². The molecule has 0 saturated carbocycles. The van der Waals surface area contributed by atoms with Gasteiger partial charge in [-0.25, -0.2) is 0 Å². The first-order valence-electron chi connectivity index (χ1n) is 9.64. The van der Waals surface area contributed by atoms with Gasteiger partial charge < -0.3 is 14.2 Å². The van der Waals surface area contributed by atoms with Crippen molar-refractivity contribution in [3.05, 3.63) is 84.4 Å². The zero-order chi connectivity index (χ0) is 20.1. The number of aromatic nitrogens is 1. The molecule has 0 fully saturated rings. The van der Waals surface area contributed by atoms with Gasteiger partial charge in [0.2, 0.25) is 5.88 Å². The number of carbonyl (C=O) groups is 1. The standard InChI is InChI=1S/C24H22N2O3/c1-2-28-24(27)17-26(16-20-13-8-12-18-9-6-7-14-21(18)20)23-15-22(25-29-23)19-10-4-3-5-11-19/h3-15H,2,16-17H2,1H3. The number of rotatable bonds is 7. The Morgan fingerprint density at radius 1 is 1.00 bits per heavy atom. The highest BCUT2D eigenvalue weighted by Gasteiger charge is 2.19. The highest BCUT2D eigenvalue weighted by atomic mass is 16.5. The lowest BCUT2D eigenvalue weighted by atomic mass is 10.0. The van der Waals surface area contributed by atoms with Crippen LogP contribution in [0, 0.1) is 0 Å². The van der Waals surface area contributed by atoms with Gasteiger partial charge in [0.1, 0.15) is 12.2 Å². The minimum absolute atomic E-state index is 0.0838. The van der Waals surface area contributed by atoms with E-state index in [-0.39, 0.29) is 12.5 Å². The molecule has 0 N–H and O–H groups in total. The third-order valence-electron chi connectivity index (χ3n) is 4.75. The average molecular weight is 386 g/mol. The quantitative estimate of drug-likeness (QED) is 0.415. The molecule has 0 amide bonds. The van der Waals surface area contributed by atoms with E-state index in [0.717, 1.165) is 27.6 Å². The summed E-state index contributed by atoms with van der Waals surface area (Å²) in [5, 5.41) is 6.50. The Balaban J connectivity index is 1.67. The Morgan fingerprint density at radius 2 is 1.76 bits per heavy atom. The van der Waals surface area contributed by atoms with E-state index < -0.39 is 0 Å². The fraction of sp³-hybridized carbons (Fsp3) is 0.167. The van der Waals surface area contributed by atoms with Crippen LogP contribution >= 0.6 is 0 Å². The smallest absolute Gasteiger partial charge is 0.325 e. The number of esters is 1. The molecule has 5 heteroatoms. The van der Waals surface area contributed by atoms with Gasteiger partial charge in [0.05, 0.1) is 6.61 Å². The third kappa shape index (κ3) is 4.29. The van der Waals surface area contributed by atoms with Crippen LogP contribution in [0.5, 0.6) is 0 Å². The second-order valence-electron chi connectivity index (χ2n) is 6.72. The Hall–Kier alpha value is -3.60. The zero-order valence-corrected chi connectivity index (χ0v) is 16.2. The first-order chi connectivity index (χ1) is 14.2. The Morgan fingerprint density at radius 3 is 2.59 bits per heavy atom. The van der Waals surface area contributed by atoms with Gasteiger partial charge in [0.15, 0.2) is 0 Å². The van der Waals surface area contributed by atoms with Gasteiger partial charge in [-0.2, -0.15) is 0 Å². The number of fused-ring (bicyclic) bond motifs is 1. The highest BCUT2D eigenvalue weighted by Crippen LogP contribution is 2.27. The predicted molar refractivity (Wildman–Crippen MR) is 114 cm³/mol. The van der Waals surface area contributed by atoms with Crippen LogP contribution in [0.1, 0.15) is 12.5 Å². The molecular weight excluding hydrogens is 364 g/mol. The largest absolute Gasteiger partial charge is 0.465 e. The molecule has 1 heterocycles. The van der Waals surface area contributed by atoms with E-state index in [4.69, 9.17) is 9.26 Å². The van der Waals surface area contributed by atoms with Crippen LogP contribution in [0.25, 0.3) is 22.0 Å². The van der Waals surface area contributed by atoms with Gasteiger partial charge in [0, 0.05) is 18.2 Å². The summed E-state index contributed by atoms with van der Waals surface area (Å²) in [5.74, 6) is 0.232. The molecule has 0 aliphatic rings. The molecule has 146 valence electrons. The van der Waals surface area contributed by atoms with E-state index in [1.165, 1.54) is 0 Å². The van der Waals surface area contributed by atoms with Crippen LogP contribution in [0.4, 0.5) is 5.88 Å². The molecule has 0 radical (unpaired) electrons. The topological polar surface area (TPSA) is 55.6 Å². The number of hydrogen-bond donors (Lipinski definition) is 0. The summed E-state index contributed by atoms with van der Waals surface area (Å²) in [6.45, 7) is 2.73. The van der Waals surface area contributed by atoms with Gasteiger partial charge >= 0.3 is 5.97 Å².